The van der Waals surface area contributed by atoms with Crippen LogP contribution in [0, 0.1) is 5.92 Å². The van der Waals surface area contributed by atoms with Gasteiger partial charge < -0.3 is 20.3 Å². The van der Waals surface area contributed by atoms with Gasteiger partial charge >= 0.3 is 0 Å². The van der Waals surface area contributed by atoms with Gasteiger partial charge in [0.2, 0.25) is 5.91 Å². The maximum absolute atomic E-state index is 12.9. The highest BCUT2D eigenvalue weighted by Crippen LogP contribution is 2.27. The Balaban J connectivity index is 1.31. The molecule has 3 saturated heterocycles. The Labute approximate surface area is 160 Å². The zero-order valence-electron chi connectivity index (χ0n) is 15.9. The number of nitrogens with zero attached hydrogens (tertiary/aromatic N) is 5. The van der Waals surface area contributed by atoms with Gasteiger partial charge in [0.1, 0.15) is 18.0 Å². The number of aromatic nitrogens is 2. The van der Waals surface area contributed by atoms with Crippen molar-refractivity contribution in [1.82, 2.24) is 19.8 Å². The average Bonchev–Trinajstić information content (AvgIpc) is 2.74. The summed E-state index contributed by atoms with van der Waals surface area (Å²) in [5, 5.41) is 0. The van der Waals surface area contributed by atoms with Crippen LogP contribution < -0.4 is 10.6 Å². The first-order valence-corrected chi connectivity index (χ1v) is 10.1. The Morgan fingerprint density at radius 3 is 2.59 bits per heavy atom. The minimum Gasteiger partial charge on any atom is -0.384 e. The predicted molar refractivity (Wildman–Crippen MR) is 103 cm³/mol. The molecule has 27 heavy (non-hydrogen) atoms. The van der Waals surface area contributed by atoms with Crippen LogP contribution in [0.5, 0.6) is 0 Å². The molecule has 1 aromatic rings. The summed E-state index contributed by atoms with van der Waals surface area (Å²) in [6.45, 7) is 6.80. The van der Waals surface area contributed by atoms with Crippen molar-refractivity contribution in [2.75, 3.05) is 63.1 Å². The van der Waals surface area contributed by atoms with Crippen molar-refractivity contribution >= 4 is 17.5 Å². The fourth-order valence-electron chi connectivity index (χ4n) is 4.58. The summed E-state index contributed by atoms with van der Waals surface area (Å²) in [4.78, 5) is 28.0. The Hall–Kier alpha value is -1.93. The van der Waals surface area contributed by atoms with Crippen LogP contribution >= 0.6 is 0 Å². The molecule has 8 nitrogen and oxygen atoms in total. The largest absolute Gasteiger partial charge is 0.384 e. The van der Waals surface area contributed by atoms with Gasteiger partial charge in [-0.3, -0.25) is 9.69 Å². The third-order valence-corrected chi connectivity index (χ3v) is 6.10. The Morgan fingerprint density at radius 1 is 1.07 bits per heavy atom. The zero-order valence-corrected chi connectivity index (χ0v) is 15.9. The summed E-state index contributed by atoms with van der Waals surface area (Å²) in [6.07, 6.45) is 5.86. The van der Waals surface area contributed by atoms with Crippen molar-refractivity contribution in [1.29, 1.82) is 0 Å². The number of nitrogen functional groups attached to an aromatic ring is 1. The molecular formula is C19H30N6O2. The number of amides is 1. The van der Waals surface area contributed by atoms with Gasteiger partial charge in [-0.25, -0.2) is 9.97 Å². The molecule has 1 aromatic heterocycles. The van der Waals surface area contributed by atoms with E-state index in [0.717, 1.165) is 70.8 Å². The number of carbonyl (C=O) groups excluding carboxylic acids is 1. The van der Waals surface area contributed by atoms with E-state index in [9.17, 15) is 4.79 Å². The van der Waals surface area contributed by atoms with E-state index in [0.29, 0.717) is 31.0 Å². The van der Waals surface area contributed by atoms with Gasteiger partial charge in [-0.1, -0.05) is 0 Å². The number of likely N-dealkylation sites (tertiary alicyclic amines) is 1. The van der Waals surface area contributed by atoms with Gasteiger partial charge in [0, 0.05) is 44.8 Å². The summed E-state index contributed by atoms with van der Waals surface area (Å²) < 4.78 is 5.38. The van der Waals surface area contributed by atoms with Gasteiger partial charge in [0.25, 0.3) is 0 Å². The maximum atomic E-state index is 12.9. The normalized spacial score (nSPS) is 25.6. The molecule has 0 bridgehead atoms. The maximum Gasteiger partial charge on any atom is 0.227 e. The lowest BCUT2D eigenvalue weighted by molar-refractivity contribution is -0.141. The van der Waals surface area contributed by atoms with Crippen molar-refractivity contribution in [3.63, 3.8) is 0 Å². The van der Waals surface area contributed by atoms with E-state index in [-0.39, 0.29) is 5.92 Å². The van der Waals surface area contributed by atoms with Crippen molar-refractivity contribution in [3.05, 3.63) is 12.4 Å². The van der Waals surface area contributed by atoms with E-state index in [1.165, 1.54) is 6.33 Å². The lowest BCUT2D eigenvalue weighted by Crippen LogP contribution is -2.52. The molecule has 3 fully saturated rings. The van der Waals surface area contributed by atoms with Crippen LogP contribution in [0.3, 0.4) is 0 Å². The highest BCUT2D eigenvalue weighted by Gasteiger charge is 2.34. The van der Waals surface area contributed by atoms with E-state index >= 15 is 0 Å². The van der Waals surface area contributed by atoms with Crippen LogP contribution in [0.2, 0.25) is 0 Å². The van der Waals surface area contributed by atoms with Crippen LogP contribution in [-0.2, 0) is 9.53 Å². The summed E-state index contributed by atoms with van der Waals surface area (Å²) in [5.41, 5.74) is 5.78. The summed E-state index contributed by atoms with van der Waals surface area (Å²) >= 11 is 0. The first-order valence-electron chi connectivity index (χ1n) is 10.1. The molecule has 2 N–H and O–H groups in total. The average molecular weight is 374 g/mol. The van der Waals surface area contributed by atoms with E-state index in [1.54, 1.807) is 0 Å². The molecule has 0 spiro atoms. The second kappa shape index (κ2) is 8.39. The van der Waals surface area contributed by atoms with Crippen molar-refractivity contribution in [3.8, 4) is 0 Å². The van der Waals surface area contributed by atoms with Gasteiger partial charge in [0.05, 0.1) is 19.1 Å². The third kappa shape index (κ3) is 4.32. The third-order valence-electron chi connectivity index (χ3n) is 6.10. The second-order valence-corrected chi connectivity index (χ2v) is 7.79. The fraction of sp³-hybridized carbons (Fsp3) is 0.737. The van der Waals surface area contributed by atoms with Gasteiger partial charge in [-0.05, 0) is 32.2 Å². The zero-order chi connectivity index (χ0) is 18.6. The van der Waals surface area contributed by atoms with Crippen molar-refractivity contribution < 1.29 is 9.53 Å². The number of morpholine rings is 1. The first-order chi connectivity index (χ1) is 13.2. The van der Waals surface area contributed by atoms with E-state index < -0.39 is 0 Å². The van der Waals surface area contributed by atoms with Gasteiger partial charge in [0.15, 0.2) is 0 Å². The number of hydrogen-bond acceptors (Lipinski definition) is 7. The predicted octanol–water partition coefficient (Wildman–Crippen LogP) is 0.598. The minimum absolute atomic E-state index is 0.150. The molecule has 8 heteroatoms. The number of rotatable bonds is 3. The topological polar surface area (TPSA) is 87.8 Å². The Morgan fingerprint density at radius 2 is 1.85 bits per heavy atom. The Kier molecular flexibility index (Phi) is 5.73. The summed E-state index contributed by atoms with van der Waals surface area (Å²) in [6, 6.07) is 2.40. The standard InChI is InChI=1S/C19H30N6O2/c20-17-12-18(22-14-21-17)23-6-3-16(4-7-23)25-5-1-2-15(13-25)19(26)24-8-10-27-11-9-24/h12,14-16H,1-11,13H2,(H2,20,21,22)/t15-/m0/s1. The van der Waals surface area contributed by atoms with Crippen molar-refractivity contribution in [2.24, 2.45) is 5.92 Å². The van der Waals surface area contributed by atoms with E-state index in [1.807, 2.05) is 11.0 Å². The summed E-state index contributed by atoms with van der Waals surface area (Å²) in [5.74, 6) is 1.91. The van der Waals surface area contributed by atoms with Crippen LogP contribution in [-0.4, -0.2) is 84.2 Å². The van der Waals surface area contributed by atoms with Crippen LogP contribution in [0.4, 0.5) is 11.6 Å². The monoisotopic (exact) mass is 374 g/mol. The number of carbonyl (C=O) groups is 1. The second-order valence-electron chi connectivity index (χ2n) is 7.79. The van der Waals surface area contributed by atoms with Crippen LogP contribution in [0.15, 0.2) is 12.4 Å². The molecule has 148 valence electrons. The van der Waals surface area contributed by atoms with Crippen LogP contribution in [0.1, 0.15) is 25.7 Å². The highest BCUT2D eigenvalue weighted by atomic mass is 16.5. The van der Waals surface area contributed by atoms with E-state index in [4.69, 9.17) is 10.5 Å². The molecular weight excluding hydrogens is 344 g/mol. The molecule has 1 amide bonds. The van der Waals surface area contributed by atoms with Gasteiger partial charge in [-0.2, -0.15) is 0 Å². The van der Waals surface area contributed by atoms with Gasteiger partial charge in [-0.15, -0.1) is 0 Å². The lowest BCUT2D eigenvalue weighted by atomic mass is 9.92. The summed E-state index contributed by atoms with van der Waals surface area (Å²) in [7, 11) is 0. The number of nitrogens with two attached hydrogens (primary N) is 1. The highest BCUT2D eigenvalue weighted by molar-refractivity contribution is 5.79. The molecule has 0 radical (unpaired) electrons. The lowest BCUT2D eigenvalue weighted by Gasteiger charge is -2.43. The molecule has 0 aliphatic carbocycles. The number of anilines is 2. The minimum atomic E-state index is 0.150. The van der Waals surface area contributed by atoms with Crippen molar-refractivity contribution in [2.45, 2.75) is 31.7 Å². The first kappa shape index (κ1) is 18.4. The molecule has 3 aliphatic heterocycles. The smallest absolute Gasteiger partial charge is 0.227 e. The molecule has 4 heterocycles. The molecule has 0 unspecified atom stereocenters. The Bertz CT molecular complexity index is 643. The quantitative estimate of drug-likeness (QED) is 0.829. The molecule has 0 saturated carbocycles. The molecule has 4 rings (SSSR count). The number of ether oxygens (including phenoxy) is 1. The molecule has 1 atom stereocenters. The van der Waals surface area contributed by atoms with Crippen LogP contribution in [0.25, 0.3) is 0 Å². The molecule has 0 aromatic carbocycles. The molecule has 3 aliphatic rings. The van der Waals surface area contributed by atoms with E-state index in [2.05, 4.69) is 19.8 Å². The SMILES string of the molecule is Nc1cc(N2CCC(N3CCC[C@H](C(=O)N4CCOCC4)C3)CC2)ncn1. The fourth-order valence-corrected chi connectivity index (χ4v) is 4.58. The number of piperidine rings is 2. The number of hydrogen-bond donors (Lipinski definition) is 1.